The highest BCUT2D eigenvalue weighted by atomic mass is 15.5. The number of hydrogen-bond acceptors (Lipinski definition) is 8. The predicted molar refractivity (Wildman–Crippen MR) is 158 cm³/mol. The second-order valence-electron chi connectivity index (χ2n) is 9.98. The molecule has 10 heteroatoms. The summed E-state index contributed by atoms with van der Waals surface area (Å²) in [6.45, 7) is 3.71. The molecule has 0 bridgehead atoms. The highest BCUT2D eigenvalue weighted by Crippen LogP contribution is 2.16. The van der Waals surface area contributed by atoms with Crippen LogP contribution in [0.5, 0.6) is 0 Å². The molecule has 0 saturated heterocycles. The minimum Gasteiger partial charge on any atom is -0.284 e. The zero-order chi connectivity index (χ0) is 28.4. The van der Waals surface area contributed by atoms with Crippen molar-refractivity contribution in [3.8, 4) is 0 Å². The lowest BCUT2D eigenvalue weighted by Gasteiger charge is -2.24. The Balaban J connectivity index is 1.31. The van der Waals surface area contributed by atoms with Crippen LogP contribution in [0.25, 0.3) is 0 Å². The van der Waals surface area contributed by atoms with Crippen molar-refractivity contribution in [2.24, 2.45) is 0 Å². The minimum absolute atomic E-state index is 0.554. The van der Waals surface area contributed by atoms with Crippen LogP contribution in [0.3, 0.4) is 0 Å². The van der Waals surface area contributed by atoms with E-state index in [0.29, 0.717) is 39.3 Å². The molecule has 210 valence electrons. The van der Waals surface area contributed by atoms with Crippen molar-refractivity contribution in [2.45, 2.75) is 39.3 Å². The molecule has 6 aromatic heterocycles. The predicted octanol–water partition coefficient (Wildman–Crippen LogP) is 4.38. The van der Waals surface area contributed by atoms with E-state index in [9.17, 15) is 0 Å². The number of nitrogens with zero attached hydrogens (tertiary/aromatic N) is 10. The van der Waals surface area contributed by atoms with Crippen molar-refractivity contribution in [3.05, 3.63) is 157 Å². The maximum atomic E-state index is 4.71. The van der Waals surface area contributed by atoms with E-state index in [-0.39, 0.29) is 0 Å². The van der Waals surface area contributed by atoms with E-state index in [0.717, 1.165) is 34.4 Å². The van der Waals surface area contributed by atoms with Crippen LogP contribution in [-0.4, -0.2) is 49.3 Å². The van der Waals surface area contributed by atoms with Gasteiger partial charge in [0.15, 0.2) is 11.6 Å². The summed E-state index contributed by atoms with van der Waals surface area (Å²) in [5.74, 6) is 1.65. The van der Waals surface area contributed by atoms with Crippen molar-refractivity contribution in [1.29, 1.82) is 0 Å². The largest absolute Gasteiger partial charge is 0.284 e. The Labute approximate surface area is 245 Å². The number of rotatable bonds is 13. The van der Waals surface area contributed by atoms with Gasteiger partial charge in [0.25, 0.3) is 0 Å². The summed E-state index contributed by atoms with van der Waals surface area (Å²) in [5, 5.41) is 9.43. The van der Waals surface area contributed by atoms with Gasteiger partial charge in [0, 0.05) is 63.4 Å². The van der Waals surface area contributed by atoms with Gasteiger partial charge in [-0.15, -0.1) is 10.2 Å². The molecule has 0 unspecified atom stereocenters. The molecule has 0 aliphatic heterocycles. The molecule has 6 heterocycles. The zero-order valence-corrected chi connectivity index (χ0v) is 23.3. The molecule has 0 aliphatic carbocycles. The van der Waals surface area contributed by atoms with E-state index in [1.807, 2.05) is 127 Å². The van der Waals surface area contributed by atoms with Gasteiger partial charge in [-0.25, -0.2) is 4.68 Å². The molecular formula is C32H32N10. The van der Waals surface area contributed by atoms with Gasteiger partial charge in [0.05, 0.1) is 35.9 Å². The third kappa shape index (κ3) is 7.17. The summed E-state index contributed by atoms with van der Waals surface area (Å²) in [6.07, 6.45) is 11.3. The molecule has 6 aromatic rings. The van der Waals surface area contributed by atoms with Crippen LogP contribution in [0, 0.1) is 0 Å². The topological polar surface area (TPSA) is 93.7 Å². The molecule has 6 rings (SSSR count). The lowest BCUT2D eigenvalue weighted by Crippen LogP contribution is -2.29. The fourth-order valence-corrected chi connectivity index (χ4v) is 4.89. The Morgan fingerprint density at radius 1 is 0.429 bits per heavy atom. The molecule has 0 N–H and O–H groups in total. The highest BCUT2D eigenvalue weighted by Gasteiger charge is 2.21. The number of hydrogen-bond donors (Lipinski definition) is 0. The van der Waals surface area contributed by atoms with Gasteiger partial charge in [0.2, 0.25) is 0 Å². The molecule has 0 atom stereocenters. The van der Waals surface area contributed by atoms with Crippen molar-refractivity contribution < 1.29 is 0 Å². The lowest BCUT2D eigenvalue weighted by atomic mass is 10.2. The molecule has 0 saturated carbocycles. The fraction of sp³-hybridized carbons (Fsp3) is 0.188. The molecule has 0 spiro atoms. The van der Waals surface area contributed by atoms with Gasteiger partial charge in [-0.2, -0.15) is 0 Å². The van der Waals surface area contributed by atoms with Gasteiger partial charge in [-0.3, -0.25) is 34.4 Å². The van der Waals surface area contributed by atoms with Crippen LogP contribution in [0.2, 0.25) is 0 Å². The molecule has 42 heavy (non-hydrogen) atoms. The van der Waals surface area contributed by atoms with E-state index in [2.05, 4.69) is 34.4 Å². The van der Waals surface area contributed by atoms with E-state index >= 15 is 0 Å². The lowest BCUT2D eigenvalue weighted by molar-refractivity contribution is 0.222. The van der Waals surface area contributed by atoms with E-state index in [1.54, 1.807) is 0 Å². The van der Waals surface area contributed by atoms with Gasteiger partial charge >= 0.3 is 0 Å². The number of pyridine rings is 4. The molecule has 0 aliphatic rings. The highest BCUT2D eigenvalue weighted by molar-refractivity contribution is 5.10. The van der Waals surface area contributed by atoms with E-state index in [4.69, 9.17) is 10.2 Å². The van der Waals surface area contributed by atoms with Gasteiger partial charge in [-0.05, 0) is 60.7 Å². The average Bonchev–Trinajstić information content (AvgIpc) is 3.69. The standard InChI is InChI=1S/C32H32N10/c1-5-15-33-27(11-1)21-39(22-28-12-2-6-16-34-28)25-31-37-38-32(42(31)41-19-9-10-20-41)26-40(23-29-13-3-7-17-35-29)24-30-14-4-8-18-36-30/h1-20H,21-26H2. The summed E-state index contributed by atoms with van der Waals surface area (Å²) in [4.78, 5) is 22.9. The van der Waals surface area contributed by atoms with Gasteiger partial charge in [-0.1, -0.05) is 24.3 Å². The molecule has 0 radical (unpaired) electrons. The minimum atomic E-state index is 0.554. The average molecular weight is 557 g/mol. The molecule has 0 aromatic carbocycles. The van der Waals surface area contributed by atoms with Crippen LogP contribution in [0.1, 0.15) is 34.4 Å². The fourth-order valence-electron chi connectivity index (χ4n) is 4.89. The molecule has 10 nitrogen and oxygen atoms in total. The Morgan fingerprint density at radius 3 is 1.10 bits per heavy atom. The second-order valence-corrected chi connectivity index (χ2v) is 9.98. The summed E-state index contributed by atoms with van der Waals surface area (Å²) in [5.41, 5.74) is 3.94. The van der Waals surface area contributed by atoms with Crippen molar-refractivity contribution in [3.63, 3.8) is 0 Å². The third-order valence-corrected chi connectivity index (χ3v) is 6.77. The maximum absolute atomic E-state index is 4.71. The first-order valence-corrected chi connectivity index (χ1v) is 13.9. The van der Waals surface area contributed by atoms with Crippen LogP contribution >= 0.6 is 0 Å². The Morgan fingerprint density at radius 2 is 0.786 bits per heavy atom. The van der Waals surface area contributed by atoms with E-state index in [1.165, 1.54) is 0 Å². The van der Waals surface area contributed by atoms with E-state index < -0.39 is 0 Å². The molecular weight excluding hydrogens is 524 g/mol. The van der Waals surface area contributed by atoms with Crippen molar-refractivity contribution in [1.82, 2.24) is 49.3 Å². The summed E-state index contributed by atoms with van der Waals surface area (Å²) < 4.78 is 4.12. The SMILES string of the molecule is c1ccc(CN(Cc2ccccn2)Cc2nnc(CN(Cc3ccccn3)Cc3ccccn3)n2-n2cccc2)nc1. The maximum Gasteiger partial charge on any atom is 0.167 e. The third-order valence-electron chi connectivity index (χ3n) is 6.77. The first kappa shape index (κ1) is 27.1. The molecule has 0 fully saturated rings. The van der Waals surface area contributed by atoms with Crippen molar-refractivity contribution in [2.75, 3.05) is 0 Å². The van der Waals surface area contributed by atoms with Gasteiger partial charge in [0.1, 0.15) is 0 Å². The van der Waals surface area contributed by atoms with Crippen LogP contribution < -0.4 is 0 Å². The Kier molecular flexibility index (Phi) is 8.74. The molecule has 0 amide bonds. The normalized spacial score (nSPS) is 11.4. The second kappa shape index (κ2) is 13.5. The van der Waals surface area contributed by atoms with Crippen LogP contribution in [-0.2, 0) is 39.3 Å². The number of aromatic nitrogens is 8. The van der Waals surface area contributed by atoms with Crippen molar-refractivity contribution >= 4 is 0 Å². The quantitative estimate of drug-likeness (QED) is 0.207. The monoisotopic (exact) mass is 556 g/mol. The summed E-state index contributed by atoms with van der Waals surface area (Å²) in [6, 6.07) is 28.0. The van der Waals surface area contributed by atoms with Gasteiger partial charge < -0.3 is 0 Å². The Hall–Kier alpha value is -5.06. The zero-order valence-electron chi connectivity index (χ0n) is 23.3. The van der Waals surface area contributed by atoms with Crippen LogP contribution in [0.4, 0.5) is 0 Å². The summed E-state index contributed by atoms with van der Waals surface area (Å²) >= 11 is 0. The Bertz CT molecular complexity index is 1430. The first-order valence-electron chi connectivity index (χ1n) is 13.9. The summed E-state index contributed by atoms with van der Waals surface area (Å²) in [7, 11) is 0. The van der Waals surface area contributed by atoms with Crippen LogP contribution in [0.15, 0.2) is 122 Å². The first-order chi connectivity index (χ1) is 20.8. The smallest absolute Gasteiger partial charge is 0.167 e.